The average Bonchev–Trinajstić information content (AvgIpc) is 2.23. The molecule has 2 N–H and O–H groups in total. The second-order valence-electron chi connectivity index (χ2n) is 5.27. The highest BCUT2D eigenvalue weighted by molar-refractivity contribution is 4.91. The van der Waals surface area contributed by atoms with Gasteiger partial charge in [-0.1, -0.05) is 13.3 Å². The number of aliphatic hydroxyl groups is 1. The van der Waals surface area contributed by atoms with Crippen molar-refractivity contribution in [2.45, 2.75) is 46.5 Å². The molecule has 0 heterocycles. The van der Waals surface area contributed by atoms with E-state index in [-0.39, 0.29) is 12.0 Å². The zero-order chi connectivity index (χ0) is 12.4. The van der Waals surface area contributed by atoms with E-state index in [1.807, 2.05) is 13.8 Å². The van der Waals surface area contributed by atoms with Gasteiger partial charge in [-0.25, -0.2) is 0 Å². The van der Waals surface area contributed by atoms with Crippen LogP contribution < -0.4 is 5.32 Å². The molecular formula is C13H26N2O. The number of nitriles is 1. The molecule has 3 nitrogen and oxygen atoms in total. The molecule has 94 valence electrons. The lowest BCUT2D eigenvalue weighted by Crippen LogP contribution is -2.23. The molecule has 16 heavy (non-hydrogen) atoms. The Hall–Kier alpha value is -0.590. The number of hydrogen-bond donors (Lipinski definition) is 2. The predicted molar refractivity (Wildman–Crippen MR) is 67.0 cm³/mol. The minimum absolute atomic E-state index is 0.176. The highest BCUT2D eigenvalue weighted by Crippen LogP contribution is 2.21. The molecule has 0 bridgehead atoms. The maximum absolute atomic E-state index is 8.84. The minimum atomic E-state index is -0.176. The van der Waals surface area contributed by atoms with E-state index >= 15 is 0 Å². The van der Waals surface area contributed by atoms with Gasteiger partial charge in [0, 0.05) is 6.61 Å². The van der Waals surface area contributed by atoms with Crippen LogP contribution in [0.3, 0.4) is 0 Å². The first kappa shape index (κ1) is 15.4. The summed E-state index contributed by atoms with van der Waals surface area (Å²) in [5.74, 6) is 0.542. The minimum Gasteiger partial charge on any atom is -0.396 e. The van der Waals surface area contributed by atoms with Crippen molar-refractivity contribution in [3.8, 4) is 6.07 Å². The van der Waals surface area contributed by atoms with Crippen molar-refractivity contribution >= 4 is 0 Å². The van der Waals surface area contributed by atoms with E-state index in [2.05, 4.69) is 18.3 Å². The second-order valence-corrected chi connectivity index (χ2v) is 5.27. The van der Waals surface area contributed by atoms with Crippen LogP contribution in [0.15, 0.2) is 0 Å². The third kappa shape index (κ3) is 8.70. The highest BCUT2D eigenvalue weighted by atomic mass is 16.3. The molecule has 0 saturated carbocycles. The van der Waals surface area contributed by atoms with E-state index in [1.54, 1.807) is 0 Å². The maximum Gasteiger partial charge on any atom is 0.0683 e. The van der Waals surface area contributed by atoms with Gasteiger partial charge in [-0.05, 0) is 52.1 Å². The number of unbranched alkanes of at least 4 members (excludes halogenated alkanes) is 1. The van der Waals surface area contributed by atoms with Crippen molar-refractivity contribution in [2.75, 3.05) is 19.7 Å². The molecule has 0 aromatic carbocycles. The van der Waals surface area contributed by atoms with Crippen molar-refractivity contribution in [1.29, 1.82) is 5.26 Å². The molecule has 0 amide bonds. The van der Waals surface area contributed by atoms with Gasteiger partial charge < -0.3 is 10.4 Å². The molecule has 0 radical (unpaired) electrons. The third-order valence-corrected chi connectivity index (χ3v) is 2.82. The SMILES string of the molecule is CC(CCO)CNCCCCC(C)(C)C#N. The molecule has 0 aliphatic rings. The zero-order valence-corrected chi connectivity index (χ0v) is 10.9. The Labute approximate surface area is 99.9 Å². The standard InChI is InChI=1S/C13H26N2O/c1-12(6-9-16)10-15-8-5-4-7-13(2,3)11-14/h12,15-16H,4-10H2,1-3H3. The number of aliphatic hydroxyl groups excluding tert-OH is 1. The first-order valence-corrected chi connectivity index (χ1v) is 6.24. The molecule has 0 aliphatic carbocycles. The van der Waals surface area contributed by atoms with Gasteiger partial charge in [0.25, 0.3) is 0 Å². The summed E-state index contributed by atoms with van der Waals surface area (Å²) in [6.45, 7) is 8.38. The molecule has 0 saturated heterocycles. The van der Waals surface area contributed by atoms with Crippen LogP contribution >= 0.6 is 0 Å². The predicted octanol–water partition coefficient (Wildman–Crippen LogP) is 2.31. The van der Waals surface area contributed by atoms with Gasteiger partial charge in [0.1, 0.15) is 0 Å². The van der Waals surface area contributed by atoms with Gasteiger partial charge in [0.2, 0.25) is 0 Å². The Bertz CT molecular complexity index is 208. The van der Waals surface area contributed by atoms with E-state index in [9.17, 15) is 0 Å². The van der Waals surface area contributed by atoms with Crippen LogP contribution in [-0.2, 0) is 0 Å². The quantitative estimate of drug-likeness (QED) is 0.593. The Balaban J connectivity index is 3.32. The third-order valence-electron chi connectivity index (χ3n) is 2.82. The monoisotopic (exact) mass is 226 g/mol. The number of hydrogen-bond acceptors (Lipinski definition) is 3. The Morgan fingerprint density at radius 3 is 2.62 bits per heavy atom. The number of nitrogens with zero attached hydrogens (tertiary/aromatic N) is 1. The Morgan fingerprint density at radius 2 is 2.06 bits per heavy atom. The van der Waals surface area contributed by atoms with Crippen molar-refractivity contribution in [3.05, 3.63) is 0 Å². The molecule has 1 atom stereocenters. The first-order chi connectivity index (χ1) is 7.52. The summed E-state index contributed by atoms with van der Waals surface area (Å²) in [7, 11) is 0. The lowest BCUT2D eigenvalue weighted by molar-refractivity contribution is 0.260. The largest absolute Gasteiger partial charge is 0.396 e. The fourth-order valence-corrected chi connectivity index (χ4v) is 1.54. The molecule has 3 heteroatoms. The summed E-state index contributed by atoms with van der Waals surface area (Å²) in [6.07, 6.45) is 4.06. The number of nitrogens with one attached hydrogen (secondary N) is 1. The normalized spacial score (nSPS) is 13.4. The van der Waals surface area contributed by atoms with Gasteiger partial charge in [0.15, 0.2) is 0 Å². The van der Waals surface area contributed by atoms with E-state index in [0.29, 0.717) is 5.92 Å². The molecule has 0 rings (SSSR count). The van der Waals surface area contributed by atoms with Crippen molar-refractivity contribution in [1.82, 2.24) is 5.32 Å². The topological polar surface area (TPSA) is 56.0 Å². The van der Waals surface area contributed by atoms with Gasteiger partial charge in [0.05, 0.1) is 11.5 Å². The second kappa shape index (κ2) is 8.55. The number of rotatable bonds is 9. The molecule has 0 aliphatic heterocycles. The van der Waals surface area contributed by atoms with Crippen LogP contribution in [0.1, 0.15) is 46.5 Å². The van der Waals surface area contributed by atoms with Crippen molar-refractivity contribution in [2.24, 2.45) is 11.3 Å². The zero-order valence-electron chi connectivity index (χ0n) is 10.9. The molecule has 0 spiro atoms. The van der Waals surface area contributed by atoms with Crippen LogP contribution in [0.4, 0.5) is 0 Å². The van der Waals surface area contributed by atoms with E-state index in [4.69, 9.17) is 10.4 Å². The van der Waals surface area contributed by atoms with E-state index in [0.717, 1.165) is 38.8 Å². The van der Waals surface area contributed by atoms with Crippen molar-refractivity contribution < 1.29 is 5.11 Å². The van der Waals surface area contributed by atoms with Crippen LogP contribution in [0, 0.1) is 22.7 Å². The Morgan fingerprint density at radius 1 is 1.38 bits per heavy atom. The summed E-state index contributed by atoms with van der Waals surface area (Å²) in [4.78, 5) is 0. The van der Waals surface area contributed by atoms with Gasteiger partial charge in [-0.2, -0.15) is 5.26 Å². The van der Waals surface area contributed by atoms with Crippen LogP contribution in [0.2, 0.25) is 0 Å². The van der Waals surface area contributed by atoms with Crippen molar-refractivity contribution in [3.63, 3.8) is 0 Å². The summed E-state index contributed by atoms with van der Waals surface area (Å²) >= 11 is 0. The first-order valence-electron chi connectivity index (χ1n) is 6.24. The highest BCUT2D eigenvalue weighted by Gasteiger charge is 2.15. The summed E-state index contributed by atoms with van der Waals surface area (Å²) in [6, 6.07) is 2.32. The van der Waals surface area contributed by atoms with Gasteiger partial charge in [-0.3, -0.25) is 0 Å². The molecular weight excluding hydrogens is 200 g/mol. The summed E-state index contributed by atoms with van der Waals surface area (Å²) < 4.78 is 0. The Kier molecular flexibility index (Phi) is 8.23. The molecule has 0 aromatic heterocycles. The lowest BCUT2D eigenvalue weighted by atomic mass is 9.89. The van der Waals surface area contributed by atoms with Gasteiger partial charge >= 0.3 is 0 Å². The molecule has 1 unspecified atom stereocenters. The lowest BCUT2D eigenvalue weighted by Gasteiger charge is -2.15. The van der Waals surface area contributed by atoms with Crippen LogP contribution in [0.5, 0.6) is 0 Å². The fourth-order valence-electron chi connectivity index (χ4n) is 1.54. The van der Waals surface area contributed by atoms with E-state index < -0.39 is 0 Å². The summed E-state index contributed by atoms with van der Waals surface area (Å²) in [5, 5.41) is 21.0. The van der Waals surface area contributed by atoms with Crippen LogP contribution in [-0.4, -0.2) is 24.8 Å². The fraction of sp³-hybridized carbons (Fsp3) is 0.923. The summed E-state index contributed by atoms with van der Waals surface area (Å²) in [5.41, 5.74) is -0.176. The molecule has 0 aromatic rings. The van der Waals surface area contributed by atoms with E-state index in [1.165, 1.54) is 0 Å². The van der Waals surface area contributed by atoms with Crippen LogP contribution in [0.25, 0.3) is 0 Å². The maximum atomic E-state index is 8.84. The smallest absolute Gasteiger partial charge is 0.0683 e. The molecule has 0 fully saturated rings. The average molecular weight is 226 g/mol. The van der Waals surface area contributed by atoms with Gasteiger partial charge in [-0.15, -0.1) is 0 Å².